The number of amides is 1. The van der Waals surface area contributed by atoms with Crippen LogP contribution in [0.1, 0.15) is 44.9 Å². The molecule has 2 aliphatic carbocycles. The summed E-state index contributed by atoms with van der Waals surface area (Å²) in [5.41, 5.74) is 0.407. The van der Waals surface area contributed by atoms with Gasteiger partial charge in [-0.15, -0.1) is 0 Å². The van der Waals surface area contributed by atoms with E-state index >= 15 is 0 Å². The molecule has 0 atom stereocenters. The van der Waals surface area contributed by atoms with Crippen LogP contribution in [-0.2, 0) is 4.79 Å². The Balaban J connectivity index is 1.72. The zero-order valence-electron chi connectivity index (χ0n) is 9.23. The van der Waals surface area contributed by atoms with E-state index in [-0.39, 0.29) is 0 Å². The number of rotatable bonds is 4. The minimum Gasteiger partial charge on any atom is -0.355 e. The molecule has 0 saturated heterocycles. The zero-order chi connectivity index (χ0) is 10.7. The van der Waals surface area contributed by atoms with Crippen LogP contribution in [0.4, 0.5) is 0 Å². The molecule has 0 bridgehead atoms. The van der Waals surface area contributed by atoms with E-state index in [1.807, 2.05) is 0 Å². The largest absolute Gasteiger partial charge is 0.355 e. The molecule has 0 aliphatic heterocycles. The van der Waals surface area contributed by atoms with Gasteiger partial charge in [-0.05, 0) is 31.1 Å². The van der Waals surface area contributed by atoms with Gasteiger partial charge in [0, 0.05) is 17.8 Å². The summed E-state index contributed by atoms with van der Waals surface area (Å²) in [7, 11) is 0. The smallest absolute Gasteiger partial charge is 0.223 e. The van der Waals surface area contributed by atoms with Crippen molar-refractivity contribution in [3.05, 3.63) is 0 Å². The van der Waals surface area contributed by atoms with E-state index in [2.05, 4.69) is 21.2 Å². The molecule has 0 aromatic rings. The van der Waals surface area contributed by atoms with Crippen LogP contribution in [0.25, 0.3) is 0 Å². The Kier molecular flexibility index (Phi) is 3.70. The highest BCUT2D eigenvalue weighted by Gasteiger charge is 2.41. The fourth-order valence-corrected chi connectivity index (χ4v) is 3.08. The van der Waals surface area contributed by atoms with E-state index in [9.17, 15) is 4.79 Å². The number of nitrogens with one attached hydrogen (secondary N) is 1. The van der Waals surface area contributed by atoms with Gasteiger partial charge in [-0.25, -0.2) is 0 Å². The summed E-state index contributed by atoms with van der Waals surface area (Å²) in [6.07, 6.45) is 8.53. The van der Waals surface area contributed by atoms with Gasteiger partial charge in [-0.1, -0.05) is 35.2 Å². The topological polar surface area (TPSA) is 29.1 Å². The third-order valence-electron chi connectivity index (χ3n) is 3.85. The van der Waals surface area contributed by atoms with Crippen molar-refractivity contribution in [2.45, 2.75) is 44.9 Å². The first-order valence-electron chi connectivity index (χ1n) is 6.09. The molecule has 2 fully saturated rings. The Labute approximate surface area is 100 Å². The molecule has 15 heavy (non-hydrogen) atoms. The first-order valence-corrected chi connectivity index (χ1v) is 7.22. The lowest BCUT2D eigenvalue weighted by molar-refractivity contribution is -0.126. The summed E-state index contributed by atoms with van der Waals surface area (Å²) in [6.45, 7) is 0.883. The molecule has 1 N–H and O–H groups in total. The summed E-state index contributed by atoms with van der Waals surface area (Å²) < 4.78 is 0. The summed E-state index contributed by atoms with van der Waals surface area (Å²) in [4.78, 5) is 11.9. The van der Waals surface area contributed by atoms with Crippen LogP contribution in [0.5, 0.6) is 0 Å². The van der Waals surface area contributed by atoms with E-state index in [1.165, 1.54) is 32.1 Å². The molecule has 0 spiro atoms. The fraction of sp³-hybridized carbons (Fsp3) is 0.917. The van der Waals surface area contributed by atoms with Gasteiger partial charge in [0.05, 0.1) is 0 Å². The molecule has 2 saturated carbocycles. The number of hydrogen-bond acceptors (Lipinski definition) is 1. The first kappa shape index (κ1) is 11.4. The Bertz CT molecular complexity index is 232. The Hall–Kier alpha value is -0.0500. The van der Waals surface area contributed by atoms with Crippen molar-refractivity contribution in [2.75, 3.05) is 11.9 Å². The molecule has 0 aromatic carbocycles. The maximum absolute atomic E-state index is 11.9. The lowest BCUT2D eigenvalue weighted by atomic mass is 9.88. The minimum absolute atomic E-state index is 0.307. The van der Waals surface area contributed by atoms with Gasteiger partial charge in [-0.3, -0.25) is 4.79 Å². The molecular weight excluding hydrogens is 254 g/mol. The monoisotopic (exact) mass is 273 g/mol. The van der Waals surface area contributed by atoms with Crippen molar-refractivity contribution >= 4 is 21.8 Å². The van der Waals surface area contributed by atoms with Crippen molar-refractivity contribution in [3.63, 3.8) is 0 Å². The van der Waals surface area contributed by atoms with Crippen LogP contribution >= 0.6 is 15.9 Å². The number of hydrogen-bond donors (Lipinski definition) is 1. The highest BCUT2D eigenvalue weighted by molar-refractivity contribution is 9.09. The summed E-state index contributed by atoms with van der Waals surface area (Å²) in [5.74, 6) is 0.617. The van der Waals surface area contributed by atoms with Crippen molar-refractivity contribution in [1.82, 2.24) is 5.32 Å². The van der Waals surface area contributed by atoms with E-state index in [1.54, 1.807) is 0 Å². The quantitative estimate of drug-likeness (QED) is 0.785. The number of alkyl halides is 1. The standard InChI is InChI=1S/C12H20BrNO/c13-8-12(6-7-12)9-14-11(15)10-4-2-1-3-5-10/h10H,1-9H2,(H,14,15). The van der Waals surface area contributed by atoms with Crippen molar-refractivity contribution in [1.29, 1.82) is 0 Å². The molecule has 2 aliphatic rings. The highest BCUT2D eigenvalue weighted by atomic mass is 79.9. The van der Waals surface area contributed by atoms with Crippen LogP contribution < -0.4 is 5.32 Å². The van der Waals surface area contributed by atoms with Crippen molar-refractivity contribution in [3.8, 4) is 0 Å². The molecular formula is C12H20BrNO. The Morgan fingerprint density at radius 2 is 1.93 bits per heavy atom. The fourth-order valence-electron chi connectivity index (χ4n) is 2.32. The normalized spacial score (nSPS) is 24.9. The van der Waals surface area contributed by atoms with E-state index in [0.29, 0.717) is 17.2 Å². The molecule has 0 radical (unpaired) electrons. The van der Waals surface area contributed by atoms with Gasteiger partial charge >= 0.3 is 0 Å². The van der Waals surface area contributed by atoms with Gasteiger partial charge in [0.15, 0.2) is 0 Å². The predicted octanol–water partition coefficient (Wildman–Crippen LogP) is 2.86. The maximum atomic E-state index is 11.9. The maximum Gasteiger partial charge on any atom is 0.223 e. The van der Waals surface area contributed by atoms with Crippen molar-refractivity contribution < 1.29 is 4.79 Å². The van der Waals surface area contributed by atoms with Crippen LogP contribution in [-0.4, -0.2) is 17.8 Å². The highest BCUT2D eigenvalue weighted by Crippen LogP contribution is 2.46. The number of carbonyl (C=O) groups is 1. The SMILES string of the molecule is O=C(NCC1(CBr)CC1)C1CCCCC1. The van der Waals surface area contributed by atoms with Gasteiger partial charge < -0.3 is 5.32 Å². The average Bonchev–Trinajstić information content (AvgIpc) is 3.08. The minimum atomic E-state index is 0.307. The molecule has 0 unspecified atom stereocenters. The van der Waals surface area contributed by atoms with E-state index < -0.39 is 0 Å². The van der Waals surface area contributed by atoms with Gasteiger partial charge in [0.2, 0.25) is 5.91 Å². The first-order chi connectivity index (χ1) is 7.26. The third kappa shape index (κ3) is 2.96. The predicted molar refractivity (Wildman–Crippen MR) is 65.0 cm³/mol. The molecule has 3 heteroatoms. The zero-order valence-corrected chi connectivity index (χ0v) is 10.8. The second kappa shape index (κ2) is 4.86. The van der Waals surface area contributed by atoms with E-state index in [4.69, 9.17) is 0 Å². The Morgan fingerprint density at radius 1 is 1.27 bits per heavy atom. The van der Waals surface area contributed by atoms with Gasteiger partial charge in [-0.2, -0.15) is 0 Å². The average molecular weight is 274 g/mol. The van der Waals surface area contributed by atoms with Crippen LogP contribution in [0.2, 0.25) is 0 Å². The molecule has 2 rings (SSSR count). The summed E-state index contributed by atoms with van der Waals surface area (Å²) >= 11 is 3.53. The molecule has 86 valence electrons. The van der Waals surface area contributed by atoms with Crippen LogP contribution in [0, 0.1) is 11.3 Å². The number of halogens is 1. The lowest BCUT2D eigenvalue weighted by Gasteiger charge is -2.22. The van der Waals surface area contributed by atoms with Gasteiger partial charge in [0.25, 0.3) is 0 Å². The molecule has 0 heterocycles. The van der Waals surface area contributed by atoms with Crippen LogP contribution in [0.3, 0.4) is 0 Å². The lowest BCUT2D eigenvalue weighted by Crippen LogP contribution is -2.36. The van der Waals surface area contributed by atoms with Crippen LogP contribution in [0.15, 0.2) is 0 Å². The molecule has 0 aromatic heterocycles. The van der Waals surface area contributed by atoms with Crippen molar-refractivity contribution in [2.24, 2.45) is 11.3 Å². The summed E-state index contributed by atoms with van der Waals surface area (Å²) in [5, 5.41) is 4.17. The molecule has 1 amide bonds. The number of carbonyl (C=O) groups excluding carboxylic acids is 1. The second-order valence-electron chi connectivity index (χ2n) is 5.19. The summed E-state index contributed by atoms with van der Waals surface area (Å²) in [6, 6.07) is 0. The van der Waals surface area contributed by atoms with Gasteiger partial charge in [0.1, 0.15) is 0 Å². The third-order valence-corrected chi connectivity index (χ3v) is 5.04. The Morgan fingerprint density at radius 3 is 2.47 bits per heavy atom. The second-order valence-corrected chi connectivity index (χ2v) is 5.75. The molecule has 2 nitrogen and oxygen atoms in total. The van der Waals surface area contributed by atoms with E-state index in [0.717, 1.165) is 24.7 Å².